The predicted octanol–water partition coefficient (Wildman–Crippen LogP) is 5.93. The Hall–Kier alpha value is -2.33. The van der Waals surface area contributed by atoms with E-state index in [4.69, 9.17) is 9.72 Å². The summed E-state index contributed by atoms with van der Waals surface area (Å²) in [6, 6.07) is 14.9. The molecule has 0 atom stereocenters. The number of ether oxygens (including phenoxy) is 1. The summed E-state index contributed by atoms with van der Waals surface area (Å²) in [5, 5.41) is 0. The average molecular weight is 420 g/mol. The first kappa shape index (κ1) is 21.9. The fourth-order valence-corrected chi connectivity index (χ4v) is 4.60. The number of para-hydroxylation sites is 2. The van der Waals surface area contributed by atoms with Crippen LogP contribution in [0.3, 0.4) is 0 Å². The van der Waals surface area contributed by atoms with Crippen LogP contribution in [-0.4, -0.2) is 40.7 Å². The van der Waals surface area contributed by atoms with Crippen molar-refractivity contribution >= 4 is 11.0 Å². The second-order valence-corrected chi connectivity index (χ2v) is 8.98. The van der Waals surface area contributed by atoms with E-state index >= 15 is 0 Å². The molecule has 2 aromatic carbocycles. The highest BCUT2D eigenvalue weighted by Crippen LogP contribution is 2.20. The van der Waals surface area contributed by atoms with Crippen molar-refractivity contribution in [2.45, 2.75) is 65.3 Å². The number of imidazole rings is 1. The third kappa shape index (κ3) is 5.88. The van der Waals surface area contributed by atoms with E-state index in [0.717, 1.165) is 37.3 Å². The van der Waals surface area contributed by atoms with Crippen LogP contribution in [0.2, 0.25) is 0 Å². The normalized spacial score (nSPS) is 15.3. The van der Waals surface area contributed by atoms with E-state index in [2.05, 4.69) is 65.8 Å². The third-order valence-electron chi connectivity index (χ3n) is 6.58. The Morgan fingerprint density at radius 3 is 2.48 bits per heavy atom. The van der Waals surface area contributed by atoms with E-state index in [1.807, 2.05) is 0 Å². The van der Waals surface area contributed by atoms with E-state index in [1.54, 1.807) is 0 Å². The minimum Gasteiger partial charge on any atom is -0.494 e. The van der Waals surface area contributed by atoms with Gasteiger partial charge >= 0.3 is 0 Å². The van der Waals surface area contributed by atoms with Gasteiger partial charge in [0, 0.05) is 13.0 Å². The largest absolute Gasteiger partial charge is 0.494 e. The highest BCUT2D eigenvalue weighted by Gasteiger charge is 2.12. The maximum atomic E-state index is 6.02. The summed E-state index contributed by atoms with van der Waals surface area (Å²) in [5.74, 6) is 2.19. The summed E-state index contributed by atoms with van der Waals surface area (Å²) < 4.78 is 8.44. The Morgan fingerprint density at radius 1 is 0.871 bits per heavy atom. The van der Waals surface area contributed by atoms with E-state index < -0.39 is 0 Å². The van der Waals surface area contributed by atoms with Gasteiger partial charge < -0.3 is 14.2 Å². The van der Waals surface area contributed by atoms with Crippen molar-refractivity contribution in [2.75, 3.05) is 26.2 Å². The lowest BCUT2D eigenvalue weighted by molar-refractivity contribution is 0.280. The Bertz CT molecular complexity index is 970. The molecule has 1 aliphatic rings. The van der Waals surface area contributed by atoms with E-state index in [9.17, 15) is 0 Å². The van der Waals surface area contributed by atoms with Gasteiger partial charge in [-0.1, -0.05) is 31.0 Å². The molecular formula is C27H37N3O. The Balaban J connectivity index is 1.34. The van der Waals surface area contributed by atoms with Gasteiger partial charge in [-0.25, -0.2) is 4.98 Å². The Labute approximate surface area is 187 Å². The summed E-state index contributed by atoms with van der Waals surface area (Å²) in [6.45, 7) is 9.68. The van der Waals surface area contributed by atoms with Gasteiger partial charge in [-0.05, 0) is 94.6 Å². The zero-order valence-electron chi connectivity index (χ0n) is 19.3. The molecule has 4 heteroatoms. The summed E-state index contributed by atoms with van der Waals surface area (Å²) in [5.41, 5.74) is 4.95. The molecule has 1 aliphatic heterocycles. The van der Waals surface area contributed by atoms with Crippen molar-refractivity contribution in [1.29, 1.82) is 0 Å². The van der Waals surface area contributed by atoms with E-state index in [1.165, 1.54) is 74.2 Å². The SMILES string of the molecule is Cc1ccc(OCCCn2c(CCCN3CCCCCC3)nc3ccccc32)cc1C. The standard InChI is InChI=1S/C27H37N3O/c1-22-14-15-24(21-23(22)2)31-20-10-19-30-26-12-6-5-11-25(26)28-27(30)13-9-18-29-16-7-3-4-8-17-29/h5-6,11-12,14-15,21H,3-4,7-10,13,16-20H2,1-2H3. The van der Waals surface area contributed by atoms with Gasteiger partial charge in [-0.2, -0.15) is 0 Å². The fraction of sp³-hybridized carbons (Fsp3) is 0.519. The number of hydrogen-bond donors (Lipinski definition) is 0. The molecule has 1 saturated heterocycles. The molecule has 0 amide bonds. The summed E-state index contributed by atoms with van der Waals surface area (Å²) in [4.78, 5) is 7.63. The highest BCUT2D eigenvalue weighted by molar-refractivity contribution is 5.75. The second kappa shape index (κ2) is 10.8. The fourth-order valence-electron chi connectivity index (χ4n) is 4.60. The highest BCUT2D eigenvalue weighted by atomic mass is 16.5. The number of likely N-dealkylation sites (tertiary alicyclic amines) is 1. The minimum absolute atomic E-state index is 0.724. The van der Waals surface area contributed by atoms with Gasteiger partial charge in [0.1, 0.15) is 11.6 Å². The number of rotatable bonds is 9. The van der Waals surface area contributed by atoms with E-state index in [0.29, 0.717) is 0 Å². The molecule has 2 heterocycles. The van der Waals surface area contributed by atoms with Crippen LogP contribution < -0.4 is 4.74 Å². The number of hydrogen-bond acceptors (Lipinski definition) is 3. The van der Waals surface area contributed by atoms with Crippen LogP contribution in [0.4, 0.5) is 0 Å². The van der Waals surface area contributed by atoms with Crippen molar-refractivity contribution in [1.82, 2.24) is 14.5 Å². The lowest BCUT2D eigenvalue weighted by atomic mass is 10.1. The van der Waals surface area contributed by atoms with Gasteiger partial charge in [-0.15, -0.1) is 0 Å². The zero-order chi connectivity index (χ0) is 21.5. The quantitative estimate of drug-likeness (QED) is 0.403. The lowest BCUT2D eigenvalue weighted by Crippen LogP contribution is -2.26. The summed E-state index contributed by atoms with van der Waals surface area (Å²) in [7, 11) is 0. The van der Waals surface area contributed by atoms with Crippen LogP contribution in [0.15, 0.2) is 42.5 Å². The van der Waals surface area contributed by atoms with Crippen LogP contribution in [0.5, 0.6) is 5.75 Å². The van der Waals surface area contributed by atoms with Crippen molar-refractivity contribution in [3.8, 4) is 5.75 Å². The van der Waals surface area contributed by atoms with Gasteiger partial charge in [-0.3, -0.25) is 0 Å². The smallest absolute Gasteiger partial charge is 0.119 e. The maximum absolute atomic E-state index is 6.02. The number of benzene rings is 2. The molecule has 4 rings (SSSR count). The van der Waals surface area contributed by atoms with Crippen molar-refractivity contribution in [2.24, 2.45) is 0 Å². The molecule has 0 radical (unpaired) electrons. The molecule has 1 fully saturated rings. The molecule has 0 spiro atoms. The molecular weight excluding hydrogens is 382 g/mol. The maximum Gasteiger partial charge on any atom is 0.119 e. The molecule has 0 aliphatic carbocycles. The molecule has 1 aromatic heterocycles. The molecule has 3 aromatic rings. The van der Waals surface area contributed by atoms with E-state index in [-0.39, 0.29) is 0 Å². The van der Waals surface area contributed by atoms with Crippen molar-refractivity contribution in [3.63, 3.8) is 0 Å². The monoisotopic (exact) mass is 419 g/mol. The molecule has 0 N–H and O–H groups in total. The summed E-state index contributed by atoms with van der Waals surface area (Å²) in [6.07, 6.45) is 8.73. The lowest BCUT2D eigenvalue weighted by Gasteiger charge is -2.19. The summed E-state index contributed by atoms with van der Waals surface area (Å²) >= 11 is 0. The van der Waals surface area contributed by atoms with Gasteiger partial charge in [0.2, 0.25) is 0 Å². The topological polar surface area (TPSA) is 30.3 Å². The second-order valence-electron chi connectivity index (χ2n) is 8.98. The van der Waals surface area contributed by atoms with Crippen LogP contribution in [0.25, 0.3) is 11.0 Å². The van der Waals surface area contributed by atoms with Crippen molar-refractivity contribution in [3.05, 3.63) is 59.4 Å². The predicted molar refractivity (Wildman–Crippen MR) is 129 cm³/mol. The number of nitrogens with zero attached hydrogens (tertiary/aromatic N) is 3. The molecule has 166 valence electrons. The molecule has 4 nitrogen and oxygen atoms in total. The minimum atomic E-state index is 0.724. The first-order valence-electron chi connectivity index (χ1n) is 12.1. The molecule has 0 bridgehead atoms. The van der Waals surface area contributed by atoms with Crippen LogP contribution in [-0.2, 0) is 13.0 Å². The first-order valence-corrected chi connectivity index (χ1v) is 12.1. The molecule has 0 unspecified atom stereocenters. The Morgan fingerprint density at radius 2 is 1.68 bits per heavy atom. The van der Waals surface area contributed by atoms with Gasteiger partial charge in [0.05, 0.1) is 17.6 Å². The van der Waals surface area contributed by atoms with Crippen LogP contribution in [0.1, 0.15) is 55.5 Å². The van der Waals surface area contributed by atoms with Gasteiger partial charge in [0.15, 0.2) is 0 Å². The Kier molecular flexibility index (Phi) is 7.63. The number of aromatic nitrogens is 2. The molecule has 31 heavy (non-hydrogen) atoms. The van der Waals surface area contributed by atoms with Crippen molar-refractivity contribution < 1.29 is 4.74 Å². The van der Waals surface area contributed by atoms with Crippen LogP contribution in [0, 0.1) is 13.8 Å². The first-order chi connectivity index (χ1) is 15.2. The average Bonchev–Trinajstić information content (AvgIpc) is 2.93. The third-order valence-corrected chi connectivity index (χ3v) is 6.58. The number of fused-ring (bicyclic) bond motifs is 1. The number of aryl methyl sites for hydroxylation is 4. The molecule has 0 saturated carbocycles. The van der Waals surface area contributed by atoms with Gasteiger partial charge in [0.25, 0.3) is 0 Å². The zero-order valence-corrected chi connectivity index (χ0v) is 19.3. The van der Waals surface area contributed by atoms with Crippen LogP contribution >= 0.6 is 0 Å².